The first-order valence-electron chi connectivity index (χ1n) is 15.4. The van der Waals surface area contributed by atoms with Crippen LogP contribution in [-0.4, -0.2) is 18.9 Å². The van der Waals surface area contributed by atoms with Gasteiger partial charge in [-0.1, -0.05) is 127 Å². The number of unbranched alkanes of at least 4 members (excludes halogenated alkanes) is 16. The van der Waals surface area contributed by atoms with Gasteiger partial charge in [0.15, 0.2) is 0 Å². The van der Waals surface area contributed by atoms with Gasteiger partial charge < -0.3 is 4.74 Å². The molecule has 0 aromatic heterocycles. The molecule has 0 saturated heterocycles. The van der Waals surface area contributed by atoms with Crippen molar-refractivity contribution >= 4 is 12.3 Å². The highest BCUT2D eigenvalue weighted by atomic mass is 16.5. The van der Waals surface area contributed by atoms with Crippen molar-refractivity contribution in [1.29, 1.82) is 0 Å². The minimum Gasteiger partial charge on any atom is -0.466 e. The molecule has 0 heterocycles. The SMILES string of the molecule is CCCCCCCC/C=C/CC/C=C/CCCCOC(C)=O.CCCCCCCCC/C=C/C=C/C=O. The summed E-state index contributed by atoms with van der Waals surface area (Å²) in [6, 6.07) is 0. The molecule has 214 valence electrons. The first-order valence-corrected chi connectivity index (χ1v) is 15.4. The Morgan fingerprint density at radius 1 is 0.514 bits per heavy atom. The number of ether oxygens (including phenoxy) is 1. The highest BCUT2D eigenvalue weighted by Crippen LogP contribution is 2.09. The van der Waals surface area contributed by atoms with Gasteiger partial charge in [0.1, 0.15) is 6.29 Å². The second-order valence-corrected chi connectivity index (χ2v) is 9.77. The maximum atomic E-state index is 10.6. The molecule has 0 unspecified atom stereocenters. The van der Waals surface area contributed by atoms with E-state index in [2.05, 4.69) is 44.2 Å². The number of carbonyl (C=O) groups excluding carboxylic acids is 2. The van der Waals surface area contributed by atoms with Crippen molar-refractivity contribution in [3.63, 3.8) is 0 Å². The van der Waals surface area contributed by atoms with Gasteiger partial charge in [-0.15, -0.1) is 0 Å². The lowest BCUT2D eigenvalue weighted by Crippen LogP contribution is -1.99. The van der Waals surface area contributed by atoms with E-state index < -0.39 is 0 Å². The van der Waals surface area contributed by atoms with Crippen molar-refractivity contribution in [2.75, 3.05) is 6.61 Å². The van der Waals surface area contributed by atoms with E-state index >= 15 is 0 Å². The molecule has 0 aromatic carbocycles. The Hall–Kier alpha value is -1.90. The second kappa shape index (κ2) is 36.3. The fourth-order valence-electron chi connectivity index (χ4n) is 3.79. The molecule has 37 heavy (non-hydrogen) atoms. The molecule has 3 nitrogen and oxygen atoms in total. The summed E-state index contributed by atoms with van der Waals surface area (Å²) < 4.78 is 4.89. The lowest BCUT2D eigenvalue weighted by atomic mass is 10.1. The summed E-state index contributed by atoms with van der Waals surface area (Å²) in [5, 5.41) is 0. The van der Waals surface area contributed by atoms with Crippen LogP contribution < -0.4 is 0 Å². The smallest absolute Gasteiger partial charge is 0.302 e. The van der Waals surface area contributed by atoms with Crippen LogP contribution in [0, 0.1) is 0 Å². The number of hydrogen-bond acceptors (Lipinski definition) is 3. The summed E-state index contributed by atoms with van der Waals surface area (Å²) in [4.78, 5) is 20.5. The third-order valence-corrected chi connectivity index (χ3v) is 6.04. The Morgan fingerprint density at radius 2 is 0.946 bits per heavy atom. The summed E-state index contributed by atoms with van der Waals surface area (Å²) in [5.41, 5.74) is 0. The van der Waals surface area contributed by atoms with E-state index in [0.717, 1.165) is 44.8 Å². The van der Waals surface area contributed by atoms with Gasteiger partial charge in [0.2, 0.25) is 0 Å². The topological polar surface area (TPSA) is 43.4 Å². The van der Waals surface area contributed by atoms with Gasteiger partial charge in [-0.25, -0.2) is 0 Å². The molecular formula is C34H60O3. The summed E-state index contributed by atoms with van der Waals surface area (Å²) in [6.07, 6.45) is 42.9. The summed E-state index contributed by atoms with van der Waals surface area (Å²) in [6.45, 7) is 6.53. The van der Waals surface area contributed by atoms with Gasteiger partial charge in [-0.3, -0.25) is 9.59 Å². The molecule has 0 atom stereocenters. The van der Waals surface area contributed by atoms with Crippen LogP contribution >= 0.6 is 0 Å². The Morgan fingerprint density at radius 3 is 1.43 bits per heavy atom. The zero-order valence-electron chi connectivity index (χ0n) is 24.8. The first kappa shape index (κ1) is 37.3. The average molecular weight is 517 g/mol. The third-order valence-electron chi connectivity index (χ3n) is 6.04. The molecule has 0 radical (unpaired) electrons. The van der Waals surface area contributed by atoms with Gasteiger partial charge in [0.05, 0.1) is 6.61 Å². The van der Waals surface area contributed by atoms with Crippen LogP contribution in [0.5, 0.6) is 0 Å². The van der Waals surface area contributed by atoms with E-state index in [1.165, 1.54) is 103 Å². The van der Waals surface area contributed by atoms with E-state index in [9.17, 15) is 9.59 Å². The average Bonchev–Trinajstić information content (AvgIpc) is 2.89. The van der Waals surface area contributed by atoms with Crippen molar-refractivity contribution in [3.8, 4) is 0 Å². The quantitative estimate of drug-likeness (QED) is 0.0302. The molecule has 0 saturated carbocycles. The molecule has 0 aliphatic rings. The number of rotatable bonds is 25. The van der Waals surface area contributed by atoms with Crippen molar-refractivity contribution in [2.24, 2.45) is 0 Å². The highest BCUT2D eigenvalue weighted by molar-refractivity contribution is 5.65. The standard InChI is InChI=1S/C20H36O2.C14H24O/c1-3-4-5-6-7-8-9-10-11-12-13-14-15-16-17-18-19-22-20(2)21;1-2-3-4-5-6-7-8-9-10-11-12-13-14-15/h10-11,14-15H,3-9,12-13,16-19H2,1-2H3;10-14H,2-9H2,1H3/b11-10+,15-14+;11-10+,13-12+. The predicted molar refractivity (Wildman–Crippen MR) is 163 cm³/mol. The maximum absolute atomic E-state index is 10.6. The van der Waals surface area contributed by atoms with Gasteiger partial charge in [-0.2, -0.15) is 0 Å². The molecule has 0 spiro atoms. The lowest BCUT2D eigenvalue weighted by Gasteiger charge is -1.99. The predicted octanol–water partition coefficient (Wildman–Crippen LogP) is 10.8. The van der Waals surface area contributed by atoms with Crippen molar-refractivity contribution in [1.82, 2.24) is 0 Å². The van der Waals surface area contributed by atoms with E-state index in [4.69, 9.17) is 4.74 Å². The maximum Gasteiger partial charge on any atom is 0.302 e. The summed E-state index contributed by atoms with van der Waals surface area (Å²) in [5.74, 6) is -0.178. The highest BCUT2D eigenvalue weighted by Gasteiger charge is 1.92. The molecule has 0 aliphatic carbocycles. The van der Waals surface area contributed by atoms with Crippen LogP contribution in [0.4, 0.5) is 0 Å². The zero-order valence-corrected chi connectivity index (χ0v) is 24.8. The number of hydrogen-bond donors (Lipinski definition) is 0. The van der Waals surface area contributed by atoms with Crippen LogP contribution in [0.3, 0.4) is 0 Å². The largest absolute Gasteiger partial charge is 0.466 e. The molecule has 0 aliphatic heterocycles. The number of allylic oxidation sites excluding steroid dienone is 8. The molecule has 0 fully saturated rings. The lowest BCUT2D eigenvalue weighted by molar-refractivity contribution is -0.141. The Balaban J connectivity index is 0. The minimum atomic E-state index is -0.178. The molecule has 0 bridgehead atoms. The van der Waals surface area contributed by atoms with E-state index in [-0.39, 0.29) is 5.97 Å². The molecule has 0 amide bonds. The second-order valence-electron chi connectivity index (χ2n) is 9.77. The van der Waals surface area contributed by atoms with Crippen molar-refractivity contribution in [3.05, 3.63) is 48.6 Å². The third kappa shape index (κ3) is 41.5. The van der Waals surface area contributed by atoms with Crippen LogP contribution in [-0.2, 0) is 14.3 Å². The number of esters is 1. The summed E-state index contributed by atoms with van der Waals surface area (Å²) >= 11 is 0. The van der Waals surface area contributed by atoms with Gasteiger partial charge in [0.25, 0.3) is 0 Å². The minimum absolute atomic E-state index is 0.178. The number of aldehydes is 1. The normalized spacial score (nSPS) is 11.5. The monoisotopic (exact) mass is 516 g/mol. The molecule has 0 aromatic rings. The first-order chi connectivity index (χ1) is 18.2. The number of carbonyl (C=O) groups is 2. The summed E-state index contributed by atoms with van der Waals surface area (Å²) in [7, 11) is 0. The molecule has 3 heteroatoms. The molecule has 0 N–H and O–H groups in total. The fourth-order valence-corrected chi connectivity index (χ4v) is 3.79. The van der Waals surface area contributed by atoms with Crippen LogP contribution in [0.2, 0.25) is 0 Å². The van der Waals surface area contributed by atoms with Crippen molar-refractivity contribution in [2.45, 2.75) is 149 Å². The van der Waals surface area contributed by atoms with E-state index in [1.807, 2.05) is 6.08 Å². The molecule has 0 rings (SSSR count). The van der Waals surface area contributed by atoms with E-state index in [0.29, 0.717) is 6.61 Å². The Kier molecular flexibility index (Phi) is 36.5. The Bertz CT molecular complexity index is 572. The zero-order chi connectivity index (χ0) is 27.5. The van der Waals surface area contributed by atoms with Crippen LogP contribution in [0.25, 0.3) is 0 Å². The van der Waals surface area contributed by atoms with E-state index in [1.54, 1.807) is 6.08 Å². The fraction of sp³-hybridized carbons (Fsp3) is 0.706. The van der Waals surface area contributed by atoms with Gasteiger partial charge in [-0.05, 0) is 63.9 Å². The van der Waals surface area contributed by atoms with Gasteiger partial charge in [0, 0.05) is 6.92 Å². The molecular weight excluding hydrogens is 456 g/mol. The van der Waals surface area contributed by atoms with Crippen LogP contribution in [0.15, 0.2) is 48.6 Å². The van der Waals surface area contributed by atoms with Crippen LogP contribution in [0.1, 0.15) is 149 Å². The Labute approximate surface area is 230 Å². The van der Waals surface area contributed by atoms with Crippen molar-refractivity contribution < 1.29 is 14.3 Å². The van der Waals surface area contributed by atoms with Gasteiger partial charge >= 0.3 is 5.97 Å².